The molecule has 32 heavy (non-hydrogen) atoms. The van der Waals surface area contributed by atoms with E-state index in [9.17, 15) is 4.79 Å². The van der Waals surface area contributed by atoms with Crippen molar-refractivity contribution in [3.8, 4) is 0 Å². The van der Waals surface area contributed by atoms with Gasteiger partial charge in [-0.05, 0) is 82.6 Å². The van der Waals surface area contributed by atoms with E-state index in [2.05, 4.69) is 48.7 Å². The summed E-state index contributed by atoms with van der Waals surface area (Å²) >= 11 is 1.64. The lowest BCUT2D eigenvalue weighted by molar-refractivity contribution is -0.118. The molecule has 0 spiro atoms. The first-order valence-corrected chi connectivity index (χ1v) is 12.9. The summed E-state index contributed by atoms with van der Waals surface area (Å²) in [6.45, 7) is 10.3. The van der Waals surface area contributed by atoms with Crippen LogP contribution in [0, 0.1) is 0 Å². The lowest BCUT2D eigenvalue weighted by Crippen LogP contribution is -2.44. The van der Waals surface area contributed by atoms with E-state index >= 15 is 0 Å². The molecule has 1 saturated heterocycles. The number of piperidine rings is 1. The molecule has 0 radical (unpaired) electrons. The van der Waals surface area contributed by atoms with Crippen LogP contribution in [0.1, 0.15) is 63.2 Å². The smallest absolute Gasteiger partial charge is 0.245 e. The average Bonchev–Trinajstić information content (AvgIpc) is 2.81. The SMILES string of the molecule is C=Nc1cccc(C2Sc3ccccc3N(CCCCCN3[C@H](C)CCC[C@@H]3C)C2=O)c1. The van der Waals surface area contributed by atoms with E-state index in [1.807, 2.05) is 35.2 Å². The molecule has 0 aromatic heterocycles. The van der Waals surface area contributed by atoms with Crippen LogP contribution in [0.3, 0.4) is 0 Å². The second kappa shape index (κ2) is 10.7. The van der Waals surface area contributed by atoms with Crippen LogP contribution in [0.15, 0.2) is 58.4 Å². The van der Waals surface area contributed by atoms with Crippen molar-refractivity contribution in [1.82, 2.24) is 4.90 Å². The molecular weight excluding hydrogens is 414 g/mol. The first-order chi connectivity index (χ1) is 15.6. The molecule has 0 bridgehead atoms. The molecule has 1 fully saturated rings. The summed E-state index contributed by atoms with van der Waals surface area (Å²) in [5.74, 6) is 0.174. The standard InChI is InChI=1S/C27H35N3OS/c1-20-11-9-12-21(2)29(20)17-7-4-8-18-30-24-15-5-6-16-25(24)32-26(27(30)31)22-13-10-14-23(19-22)28-3/h5-6,10,13-16,19-21,26H,3-4,7-9,11-12,17-18H2,1-2H3/t20-,21+,26?. The van der Waals surface area contributed by atoms with Gasteiger partial charge in [0.05, 0.1) is 11.4 Å². The van der Waals surface area contributed by atoms with Crippen LogP contribution in [0.4, 0.5) is 11.4 Å². The zero-order chi connectivity index (χ0) is 22.5. The fourth-order valence-electron chi connectivity index (χ4n) is 5.10. The minimum Gasteiger partial charge on any atom is -0.310 e. The Morgan fingerprint density at radius 3 is 2.53 bits per heavy atom. The van der Waals surface area contributed by atoms with E-state index in [-0.39, 0.29) is 11.2 Å². The highest BCUT2D eigenvalue weighted by Crippen LogP contribution is 2.46. The number of carbonyl (C=O) groups is 1. The second-order valence-corrected chi connectivity index (χ2v) is 10.3. The number of para-hydroxylation sites is 1. The summed E-state index contributed by atoms with van der Waals surface area (Å²) < 4.78 is 0. The van der Waals surface area contributed by atoms with E-state index in [0.717, 1.165) is 36.3 Å². The fourth-order valence-corrected chi connectivity index (χ4v) is 6.32. The van der Waals surface area contributed by atoms with Gasteiger partial charge in [-0.1, -0.05) is 37.1 Å². The fraction of sp³-hybridized carbons (Fsp3) is 0.481. The molecule has 4 nitrogen and oxygen atoms in total. The number of benzene rings is 2. The summed E-state index contributed by atoms with van der Waals surface area (Å²) in [6, 6.07) is 17.6. The molecule has 1 unspecified atom stereocenters. The van der Waals surface area contributed by atoms with E-state index in [0.29, 0.717) is 12.1 Å². The summed E-state index contributed by atoms with van der Waals surface area (Å²) in [5.41, 5.74) is 2.86. The molecule has 4 rings (SSSR count). The van der Waals surface area contributed by atoms with Crippen molar-refractivity contribution in [3.63, 3.8) is 0 Å². The molecular formula is C27H35N3OS. The first kappa shape index (κ1) is 23.1. The number of likely N-dealkylation sites (tertiary alicyclic amines) is 1. The van der Waals surface area contributed by atoms with Gasteiger partial charge in [-0.25, -0.2) is 0 Å². The number of carbonyl (C=O) groups excluding carboxylic acids is 1. The maximum Gasteiger partial charge on any atom is 0.245 e. The predicted molar refractivity (Wildman–Crippen MR) is 136 cm³/mol. The highest BCUT2D eigenvalue weighted by molar-refractivity contribution is 8.00. The number of hydrogen-bond donors (Lipinski definition) is 0. The number of unbranched alkanes of at least 4 members (excludes halogenated alkanes) is 2. The zero-order valence-corrected chi connectivity index (χ0v) is 20.2. The average molecular weight is 450 g/mol. The number of amides is 1. The molecule has 2 aliphatic heterocycles. The Morgan fingerprint density at radius 2 is 1.75 bits per heavy atom. The van der Waals surface area contributed by atoms with Crippen LogP contribution in [0.2, 0.25) is 0 Å². The lowest BCUT2D eigenvalue weighted by Gasteiger charge is -2.39. The molecule has 5 heteroatoms. The third-order valence-electron chi connectivity index (χ3n) is 6.92. The van der Waals surface area contributed by atoms with Gasteiger partial charge in [-0.15, -0.1) is 11.8 Å². The quantitative estimate of drug-likeness (QED) is 0.335. The second-order valence-electron chi connectivity index (χ2n) is 9.14. The van der Waals surface area contributed by atoms with Crippen molar-refractivity contribution in [2.45, 2.75) is 74.6 Å². The Labute approximate surface area is 197 Å². The Hall–Kier alpha value is -2.11. The van der Waals surface area contributed by atoms with Gasteiger partial charge in [-0.3, -0.25) is 14.7 Å². The van der Waals surface area contributed by atoms with Crippen LogP contribution in [0.25, 0.3) is 0 Å². The molecule has 2 aromatic rings. The number of rotatable bonds is 8. The molecule has 2 heterocycles. The van der Waals surface area contributed by atoms with Crippen molar-refractivity contribution in [1.29, 1.82) is 0 Å². The molecule has 2 aliphatic rings. The zero-order valence-electron chi connectivity index (χ0n) is 19.4. The number of nitrogens with zero attached hydrogens (tertiary/aromatic N) is 3. The lowest BCUT2D eigenvalue weighted by atomic mass is 9.97. The van der Waals surface area contributed by atoms with Gasteiger partial charge in [-0.2, -0.15) is 0 Å². The summed E-state index contributed by atoms with van der Waals surface area (Å²) in [5, 5.41) is -0.235. The van der Waals surface area contributed by atoms with Gasteiger partial charge in [0.2, 0.25) is 5.91 Å². The molecule has 0 N–H and O–H groups in total. The van der Waals surface area contributed by atoms with Crippen LogP contribution in [-0.2, 0) is 4.79 Å². The first-order valence-electron chi connectivity index (χ1n) is 12.0. The van der Waals surface area contributed by atoms with Gasteiger partial charge in [0, 0.05) is 23.5 Å². The third kappa shape index (κ3) is 5.10. The van der Waals surface area contributed by atoms with E-state index in [1.54, 1.807) is 11.8 Å². The maximum absolute atomic E-state index is 13.5. The number of anilines is 1. The van der Waals surface area contributed by atoms with Gasteiger partial charge < -0.3 is 4.90 Å². The molecule has 3 atom stereocenters. The van der Waals surface area contributed by atoms with Crippen molar-refractivity contribution < 1.29 is 4.79 Å². The van der Waals surface area contributed by atoms with Gasteiger partial charge in [0.15, 0.2) is 0 Å². The topological polar surface area (TPSA) is 35.9 Å². The number of fused-ring (bicyclic) bond motifs is 1. The molecule has 1 amide bonds. The highest BCUT2D eigenvalue weighted by atomic mass is 32.2. The van der Waals surface area contributed by atoms with E-state index < -0.39 is 0 Å². The molecule has 0 saturated carbocycles. The van der Waals surface area contributed by atoms with Gasteiger partial charge >= 0.3 is 0 Å². The summed E-state index contributed by atoms with van der Waals surface area (Å²) in [4.78, 5) is 23.4. The Kier molecular flexibility index (Phi) is 7.69. The predicted octanol–water partition coefficient (Wildman–Crippen LogP) is 6.63. The van der Waals surface area contributed by atoms with Crippen molar-refractivity contribution in [2.24, 2.45) is 4.99 Å². The maximum atomic E-state index is 13.5. The number of hydrogen-bond acceptors (Lipinski definition) is 4. The Morgan fingerprint density at radius 1 is 1.00 bits per heavy atom. The van der Waals surface area contributed by atoms with Crippen LogP contribution in [-0.4, -0.2) is 42.7 Å². The van der Waals surface area contributed by atoms with Crippen molar-refractivity contribution in [3.05, 3.63) is 54.1 Å². The number of thioether (sulfide) groups is 1. The minimum atomic E-state index is -0.235. The Bertz CT molecular complexity index is 936. The largest absolute Gasteiger partial charge is 0.310 e. The van der Waals surface area contributed by atoms with Gasteiger partial charge in [0.1, 0.15) is 5.25 Å². The Balaban J connectivity index is 1.40. The van der Waals surface area contributed by atoms with Gasteiger partial charge in [0.25, 0.3) is 0 Å². The highest BCUT2D eigenvalue weighted by Gasteiger charge is 2.34. The summed E-state index contributed by atoms with van der Waals surface area (Å²) in [6.07, 6.45) is 7.39. The summed E-state index contributed by atoms with van der Waals surface area (Å²) in [7, 11) is 0. The third-order valence-corrected chi connectivity index (χ3v) is 8.23. The van der Waals surface area contributed by atoms with Crippen LogP contribution < -0.4 is 4.90 Å². The van der Waals surface area contributed by atoms with E-state index in [1.165, 1.54) is 37.1 Å². The van der Waals surface area contributed by atoms with Crippen LogP contribution in [0.5, 0.6) is 0 Å². The molecule has 170 valence electrons. The van der Waals surface area contributed by atoms with Crippen molar-refractivity contribution >= 4 is 35.8 Å². The molecule has 2 aromatic carbocycles. The molecule has 0 aliphatic carbocycles. The normalized spacial score (nSPS) is 23.8. The van der Waals surface area contributed by atoms with E-state index in [4.69, 9.17) is 0 Å². The van der Waals surface area contributed by atoms with Crippen LogP contribution >= 0.6 is 11.8 Å². The van der Waals surface area contributed by atoms with Crippen molar-refractivity contribution in [2.75, 3.05) is 18.0 Å². The number of aliphatic imine (C=N–C) groups is 1. The minimum absolute atomic E-state index is 0.174. The monoisotopic (exact) mass is 449 g/mol.